The molecule has 3 rings (SSSR count). The fraction of sp³-hybridized carbons (Fsp3) is 0.235. The van der Waals surface area contributed by atoms with Crippen LogP contribution >= 0.6 is 27.3 Å². The minimum atomic E-state index is -3.65. The van der Waals surface area contributed by atoms with E-state index in [1.165, 1.54) is 6.07 Å². The van der Waals surface area contributed by atoms with Gasteiger partial charge in [-0.15, -0.1) is 11.3 Å². The summed E-state index contributed by atoms with van der Waals surface area (Å²) in [6.07, 6.45) is 4.81. The Kier molecular flexibility index (Phi) is 7.14. The van der Waals surface area contributed by atoms with E-state index in [0.29, 0.717) is 21.9 Å². The second-order valence-electron chi connectivity index (χ2n) is 6.08. The molecule has 3 heterocycles. The minimum Gasteiger partial charge on any atom is -0.394 e. The van der Waals surface area contributed by atoms with Crippen molar-refractivity contribution in [1.82, 2.24) is 19.7 Å². The first-order chi connectivity index (χ1) is 13.9. The first-order valence-electron chi connectivity index (χ1n) is 8.51. The number of thiophene rings is 1. The molecule has 12 heteroatoms. The maximum absolute atomic E-state index is 12.5. The van der Waals surface area contributed by atoms with Gasteiger partial charge in [0.2, 0.25) is 16.0 Å². The largest absolute Gasteiger partial charge is 0.394 e. The summed E-state index contributed by atoms with van der Waals surface area (Å²) in [4.78, 5) is 12.5. The molecule has 0 unspecified atom stereocenters. The standard InChI is InChI=1S/C17H19BrN6O3S2/c1-11(9-25)22-16-14(18)8-20-17(24-16)23-13-5-15(28-10-13)29(26,27)21-7-12-3-2-4-19-6-12/h2-6,8,10-11,21,25H,7,9H2,1H3,(H2,20,22,23,24)/t11-/m1/s1. The molecule has 29 heavy (non-hydrogen) atoms. The third-order valence-electron chi connectivity index (χ3n) is 3.69. The Bertz CT molecular complexity index is 1060. The summed E-state index contributed by atoms with van der Waals surface area (Å²) in [6.45, 7) is 1.93. The van der Waals surface area contributed by atoms with Gasteiger partial charge in [0.25, 0.3) is 0 Å². The van der Waals surface area contributed by atoms with Gasteiger partial charge in [-0.25, -0.2) is 18.1 Å². The third kappa shape index (κ3) is 5.93. The predicted octanol–water partition coefficient (Wildman–Crippen LogP) is 2.71. The van der Waals surface area contributed by atoms with Gasteiger partial charge < -0.3 is 15.7 Å². The van der Waals surface area contributed by atoms with E-state index in [0.717, 1.165) is 16.9 Å². The highest BCUT2D eigenvalue weighted by atomic mass is 79.9. The Morgan fingerprint density at radius 2 is 2.17 bits per heavy atom. The molecule has 0 aromatic carbocycles. The van der Waals surface area contributed by atoms with Gasteiger partial charge in [0, 0.05) is 36.6 Å². The van der Waals surface area contributed by atoms with Gasteiger partial charge in [0.05, 0.1) is 16.8 Å². The monoisotopic (exact) mass is 498 g/mol. The van der Waals surface area contributed by atoms with Crippen molar-refractivity contribution in [2.45, 2.75) is 23.7 Å². The van der Waals surface area contributed by atoms with Crippen molar-refractivity contribution in [3.63, 3.8) is 0 Å². The van der Waals surface area contributed by atoms with Crippen molar-refractivity contribution in [2.75, 3.05) is 17.2 Å². The summed E-state index contributed by atoms with van der Waals surface area (Å²) in [5, 5.41) is 16.9. The van der Waals surface area contributed by atoms with Crippen molar-refractivity contribution >= 4 is 54.7 Å². The Morgan fingerprint density at radius 1 is 1.34 bits per heavy atom. The van der Waals surface area contributed by atoms with Crippen LogP contribution in [-0.4, -0.2) is 41.1 Å². The highest BCUT2D eigenvalue weighted by Crippen LogP contribution is 2.27. The van der Waals surface area contributed by atoms with Crippen molar-refractivity contribution in [3.05, 3.63) is 52.2 Å². The summed E-state index contributed by atoms with van der Waals surface area (Å²) < 4.78 is 28.4. The van der Waals surface area contributed by atoms with Crippen molar-refractivity contribution in [3.8, 4) is 0 Å². The van der Waals surface area contributed by atoms with E-state index in [4.69, 9.17) is 0 Å². The molecule has 0 amide bonds. The Labute approximate surface area is 180 Å². The number of aromatic nitrogens is 3. The zero-order valence-electron chi connectivity index (χ0n) is 15.3. The van der Waals surface area contributed by atoms with E-state index < -0.39 is 10.0 Å². The number of nitrogens with one attached hydrogen (secondary N) is 3. The topological polar surface area (TPSA) is 129 Å². The third-order valence-corrected chi connectivity index (χ3v) is 7.11. The zero-order valence-corrected chi connectivity index (χ0v) is 18.6. The first kappa shape index (κ1) is 21.6. The molecule has 9 nitrogen and oxygen atoms in total. The predicted molar refractivity (Wildman–Crippen MR) is 116 cm³/mol. The molecule has 0 fully saturated rings. The first-order valence-corrected chi connectivity index (χ1v) is 11.7. The maximum atomic E-state index is 12.5. The van der Waals surface area contributed by atoms with Crippen LogP contribution in [-0.2, 0) is 16.6 Å². The summed E-state index contributed by atoms with van der Waals surface area (Å²) in [6, 6.07) is 4.88. The zero-order chi connectivity index (χ0) is 20.9. The van der Waals surface area contributed by atoms with Crippen LogP contribution in [0.25, 0.3) is 0 Å². The number of nitrogens with zero attached hydrogens (tertiary/aromatic N) is 3. The van der Waals surface area contributed by atoms with E-state index in [-0.39, 0.29) is 23.4 Å². The lowest BCUT2D eigenvalue weighted by atomic mass is 10.3. The Morgan fingerprint density at radius 3 is 2.90 bits per heavy atom. The van der Waals surface area contributed by atoms with Gasteiger partial charge in [-0.3, -0.25) is 4.98 Å². The summed E-state index contributed by atoms with van der Waals surface area (Å²) in [5.74, 6) is 0.816. The fourth-order valence-corrected chi connectivity index (χ4v) is 4.69. The molecule has 1 atom stereocenters. The fourth-order valence-electron chi connectivity index (χ4n) is 2.21. The summed E-state index contributed by atoms with van der Waals surface area (Å²) in [7, 11) is -3.65. The van der Waals surface area contributed by atoms with Gasteiger partial charge in [-0.2, -0.15) is 4.98 Å². The van der Waals surface area contributed by atoms with Gasteiger partial charge >= 0.3 is 0 Å². The van der Waals surface area contributed by atoms with Gasteiger partial charge in [-0.05, 0) is 40.5 Å². The molecular weight excluding hydrogens is 480 g/mol. The van der Waals surface area contributed by atoms with Crippen LogP contribution < -0.4 is 15.4 Å². The molecule has 0 saturated heterocycles. The number of sulfonamides is 1. The lowest BCUT2D eigenvalue weighted by Crippen LogP contribution is -2.22. The van der Waals surface area contributed by atoms with E-state index in [9.17, 15) is 13.5 Å². The van der Waals surface area contributed by atoms with Crippen molar-refractivity contribution in [1.29, 1.82) is 0 Å². The lowest BCUT2D eigenvalue weighted by molar-refractivity contribution is 0.281. The van der Waals surface area contributed by atoms with Crippen LogP contribution in [0.4, 0.5) is 17.5 Å². The maximum Gasteiger partial charge on any atom is 0.250 e. The molecule has 0 spiro atoms. The second kappa shape index (κ2) is 9.59. The molecule has 3 aromatic rings. The summed E-state index contributed by atoms with van der Waals surface area (Å²) in [5.41, 5.74) is 1.33. The molecule has 0 radical (unpaired) electrons. The molecule has 0 saturated carbocycles. The van der Waals surface area contributed by atoms with Gasteiger partial charge in [-0.1, -0.05) is 6.07 Å². The highest BCUT2D eigenvalue weighted by molar-refractivity contribution is 9.10. The highest BCUT2D eigenvalue weighted by Gasteiger charge is 2.17. The molecule has 0 aliphatic carbocycles. The number of pyridine rings is 1. The van der Waals surface area contributed by atoms with E-state index >= 15 is 0 Å². The molecule has 4 N–H and O–H groups in total. The molecular formula is C17H19BrN6O3S2. The number of hydrogen-bond acceptors (Lipinski definition) is 9. The molecule has 3 aromatic heterocycles. The minimum absolute atomic E-state index is 0.0446. The number of rotatable bonds is 9. The smallest absolute Gasteiger partial charge is 0.250 e. The van der Waals surface area contributed by atoms with E-state index in [2.05, 4.69) is 46.2 Å². The van der Waals surface area contributed by atoms with Crippen LogP contribution in [0.5, 0.6) is 0 Å². The van der Waals surface area contributed by atoms with E-state index in [1.807, 2.05) is 6.92 Å². The number of aliphatic hydroxyl groups is 1. The van der Waals surface area contributed by atoms with Crippen LogP contribution in [0.15, 0.2) is 50.9 Å². The SMILES string of the molecule is C[C@H](CO)Nc1nc(Nc2csc(S(=O)(=O)NCc3cccnc3)c2)ncc1Br. The van der Waals surface area contributed by atoms with Crippen LogP contribution in [0, 0.1) is 0 Å². The lowest BCUT2D eigenvalue weighted by Gasteiger charge is -2.13. The molecule has 154 valence electrons. The van der Waals surface area contributed by atoms with Gasteiger partial charge in [0.15, 0.2) is 0 Å². The van der Waals surface area contributed by atoms with E-state index in [1.54, 1.807) is 36.1 Å². The number of anilines is 3. The van der Waals surface area contributed by atoms with Crippen molar-refractivity contribution in [2.24, 2.45) is 0 Å². The second-order valence-corrected chi connectivity index (χ2v) is 9.84. The van der Waals surface area contributed by atoms with Crippen LogP contribution in [0.3, 0.4) is 0 Å². The average Bonchev–Trinajstić information content (AvgIpc) is 3.19. The quantitative estimate of drug-likeness (QED) is 0.354. The number of aliphatic hydroxyl groups excluding tert-OH is 1. The number of halogens is 1. The number of hydrogen-bond donors (Lipinski definition) is 4. The normalized spacial score (nSPS) is 12.5. The van der Waals surface area contributed by atoms with Gasteiger partial charge in [0.1, 0.15) is 10.0 Å². The van der Waals surface area contributed by atoms with Crippen LogP contribution in [0.2, 0.25) is 0 Å². The Hall–Kier alpha value is -2.12. The van der Waals surface area contributed by atoms with Crippen LogP contribution in [0.1, 0.15) is 12.5 Å². The summed E-state index contributed by atoms with van der Waals surface area (Å²) >= 11 is 4.44. The molecule has 0 aliphatic heterocycles. The van der Waals surface area contributed by atoms with Crippen molar-refractivity contribution < 1.29 is 13.5 Å². The Balaban J connectivity index is 1.69. The molecule has 0 bridgehead atoms. The molecule has 0 aliphatic rings. The average molecular weight is 499 g/mol.